The van der Waals surface area contributed by atoms with Crippen LogP contribution in [0.2, 0.25) is 0 Å². The quantitative estimate of drug-likeness (QED) is 0.587. The molecule has 0 bridgehead atoms. The molecule has 1 rings (SSSR count). The molecule has 0 fully saturated rings. The Morgan fingerprint density at radius 3 is 2.21 bits per heavy atom. The van der Waals surface area contributed by atoms with E-state index in [1.165, 1.54) is 9.14 Å². The van der Waals surface area contributed by atoms with E-state index >= 15 is 0 Å². The average Bonchev–Trinajstić information content (AvgIpc) is 2.01. The van der Waals surface area contributed by atoms with Crippen LogP contribution in [0.15, 0.2) is 24.3 Å². The molecule has 0 saturated heterocycles. The van der Waals surface area contributed by atoms with Crippen molar-refractivity contribution in [1.29, 1.82) is 0 Å². The Bertz CT molecular complexity index is 309. The molecule has 78 valence electrons. The number of hydrogen-bond acceptors (Lipinski definition) is 1. The van der Waals surface area contributed by atoms with Crippen LogP contribution in [-0.4, -0.2) is 30.7 Å². The zero-order valence-corrected chi connectivity index (χ0v) is 15.7. The summed E-state index contributed by atoms with van der Waals surface area (Å²) in [4.78, 5) is 2.18. The normalized spacial score (nSPS) is 12.1. The third-order valence-corrected chi connectivity index (χ3v) is 13.5. The van der Waals surface area contributed by atoms with Gasteiger partial charge in [-0.2, -0.15) is 0 Å². The fourth-order valence-electron chi connectivity index (χ4n) is 1.28. The molecule has 0 aliphatic carbocycles. The van der Waals surface area contributed by atoms with Gasteiger partial charge in [0, 0.05) is 0 Å². The molecule has 1 aromatic carbocycles. The van der Waals surface area contributed by atoms with Crippen molar-refractivity contribution in [2.75, 3.05) is 14.1 Å². The van der Waals surface area contributed by atoms with E-state index in [9.17, 15) is 0 Å². The molecule has 1 aromatic rings. The van der Waals surface area contributed by atoms with Gasteiger partial charge in [0.25, 0.3) is 0 Å². The van der Waals surface area contributed by atoms with E-state index in [1.807, 2.05) is 0 Å². The SMILES string of the molecule is CN(C)Cc1cccc[c]1[Sn]([Br])([Br])[Br]. The molecule has 14 heavy (non-hydrogen) atoms. The molecule has 0 saturated carbocycles. The molecule has 0 aliphatic heterocycles. The second-order valence-corrected chi connectivity index (χ2v) is 53.1. The summed E-state index contributed by atoms with van der Waals surface area (Å²) in [5.41, 5.74) is 1.39. The van der Waals surface area contributed by atoms with Crippen LogP contribution in [0.25, 0.3) is 0 Å². The minimum absolute atomic E-state index is 0.984. The summed E-state index contributed by atoms with van der Waals surface area (Å²) in [5.74, 6) is 0. The molecule has 0 heterocycles. The monoisotopic (exact) mass is 491 g/mol. The predicted molar refractivity (Wildman–Crippen MR) is 76.0 cm³/mol. The van der Waals surface area contributed by atoms with Gasteiger partial charge in [0.2, 0.25) is 0 Å². The zero-order chi connectivity index (χ0) is 10.8. The van der Waals surface area contributed by atoms with E-state index in [0.717, 1.165) is 6.54 Å². The molecule has 0 aliphatic rings. The van der Waals surface area contributed by atoms with Gasteiger partial charge >= 0.3 is 109 Å². The van der Waals surface area contributed by atoms with Gasteiger partial charge < -0.3 is 0 Å². The fourth-order valence-corrected chi connectivity index (χ4v) is 11.4. The van der Waals surface area contributed by atoms with Crippen LogP contribution in [0.3, 0.4) is 0 Å². The molecule has 5 heteroatoms. The van der Waals surface area contributed by atoms with Crippen LogP contribution in [0.1, 0.15) is 5.56 Å². The zero-order valence-electron chi connectivity index (χ0n) is 8.10. The van der Waals surface area contributed by atoms with Crippen molar-refractivity contribution in [3.05, 3.63) is 29.8 Å². The van der Waals surface area contributed by atoms with Gasteiger partial charge in [-0.25, -0.2) is 0 Å². The van der Waals surface area contributed by atoms with Gasteiger partial charge in [0.1, 0.15) is 0 Å². The summed E-state index contributed by atoms with van der Waals surface area (Å²) >= 11 is 8.80. The second-order valence-electron chi connectivity index (χ2n) is 3.39. The third kappa shape index (κ3) is 4.12. The van der Waals surface area contributed by atoms with E-state index in [-0.39, 0.29) is 0 Å². The van der Waals surface area contributed by atoms with Crippen molar-refractivity contribution in [3.8, 4) is 0 Å². The van der Waals surface area contributed by atoms with E-state index < -0.39 is 11.7 Å². The van der Waals surface area contributed by atoms with Crippen LogP contribution < -0.4 is 3.58 Å². The van der Waals surface area contributed by atoms with Gasteiger partial charge in [-0.1, -0.05) is 0 Å². The number of hydrogen-bond donors (Lipinski definition) is 0. The molecule has 0 radical (unpaired) electrons. The van der Waals surface area contributed by atoms with Crippen LogP contribution in [0.5, 0.6) is 0 Å². The van der Waals surface area contributed by atoms with E-state index in [0.29, 0.717) is 0 Å². The maximum absolute atomic E-state index is 3.75. The van der Waals surface area contributed by atoms with Crippen molar-refractivity contribution in [1.82, 2.24) is 4.90 Å². The summed E-state index contributed by atoms with van der Waals surface area (Å²) in [5, 5.41) is 0. The summed E-state index contributed by atoms with van der Waals surface area (Å²) in [6.07, 6.45) is 0. The van der Waals surface area contributed by atoms with Crippen LogP contribution in [-0.2, 0) is 6.54 Å². The van der Waals surface area contributed by atoms with E-state index in [2.05, 4.69) is 81.4 Å². The average molecular weight is 493 g/mol. The number of benzene rings is 1. The molecular formula is C9H12Br3NSn. The number of rotatable bonds is 3. The van der Waals surface area contributed by atoms with Gasteiger partial charge in [0.05, 0.1) is 0 Å². The molecular weight excluding hydrogens is 481 g/mol. The van der Waals surface area contributed by atoms with Crippen LogP contribution >= 0.6 is 38.1 Å². The first kappa shape index (κ1) is 13.5. The molecule has 0 spiro atoms. The summed E-state index contributed by atoms with van der Waals surface area (Å²) in [6, 6.07) is 8.55. The van der Waals surface area contributed by atoms with E-state index in [4.69, 9.17) is 0 Å². The third-order valence-electron chi connectivity index (χ3n) is 1.81. The van der Waals surface area contributed by atoms with Crippen molar-refractivity contribution in [2.45, 2.75) is 6.54 Å². The van der Waals surface area contributed by atoms with Gasteiger partial charge in [-0.05, 0) is 0 Å². The molecule has 0 unspecified atom stereocenters. The van der Waals surface area contributed by atoms with Crippen LogP contribution in [0.4, 0.5) is 0 Å². The first-order valence-corrected chi connectivity index (χ1v) is 24.8. The van der Waals surface area contributed by atoms with Gasteiger partial charge in [0.15, 0.2) is 0 Å². The minimum atomic E-state index is -2.46. The molecule has 1 nitrogen and oxygen atoms in total. The summed E-state index contributed by atoms with van der Waals surface area (Å²) in [7, 11) is 4.18. The number of halogens is 3. The summed E-state index contributed by atoms with van der Waals surface area (Å²) < 4.78 is 1.41. The van der Waals surface area contributed by atoms with E-state index in [1.54, 1.807) is 0 Å². The van der Waals surface area contributed by atoms with Crippen molar-refractivity contribution in [3.63, 3.8) is 0 Å². The molecule has 0 N–H and O–H groups in total. The topological polar surface area (TPSA) is 3.24 Å². The fraction of sp³-hybridized carbons (Fsp3) is 0.333. The molecule has 0 atom stereocenters. The first-order chi connectivity index (χ1) is 6.41. The second kappa shape index (κ2) is 5.66. The van der Waals surface area contributed by atoms with Crippen molar-refractivity contribution in [2.24, 2.45) is 0 Å². The Labute approximate surface area is 107 Å². The Morgan fingerprint density at radius 1 is 1.14 bits per heavy atom. The Kier molecular flexibility index (Phi) is 5.45. The first-order valence-electron chi connectivity index (χ1n) is 4.21. The molecule has 0 aromatic heterocycles. The Hall–Kier alpha value is 1.42. The van der Waals surface area contributed by atoms with Crippen molar-refractivity contribution >= 4 is 53.4 Å². The van der Waals surface area contributed by atoms with Gasteiger partial charge in [-0.3, -0.25) is 0 Å². The molecule has 0 amide bonds. The van der Waals surface area contributed by atoms with Gasteiger partial charge in [-0.15, -0.1) is 0 Å². The Morgan fingerprint density at radius 2 is 1.71 bits per heavy atom. The maximum atomic E-state index is 3.75. The van der Waals surface area contributed by atoms with Crippen molar-refractivity contribution < 1.29 is 0 Å². The standard InChI is InChI=1S/C9H12N.3BrH.Sn/c1-10(2)8-9-6-4-3-5-7-9;;;;/h3-6H,8H2,1-2H3;3*1H;/q;;;;+3/p-3. The van der Waals surface area contributed by atoms with Crippen LogP contribution in [0, 0.1) is 0 Å². The Balaban J connectivity index is 3.04. The summed E-state index contributed by atoms with van der Waals surface area (Å²) in [6.45, 7) is 0.984. The predicted octanol–water partition coefficient (Wildman–Crippen LogP) is 3.08. The number of nitrogens with zero attached hydrogens (tertiary/aromatic N) is 1.